The van der Waals surface area contributed by atoms with Crippen molar-refractivity contribution in [1.29, 1.82) is 0 Å². The molecule has 7 N–H and O–H groups in total. The number of aromatic hydroxyl groups is 3. The average Bonchev–Trinajstić information content (AvgIpc) is 2.41. The lowest BCUT2D eigenvalue weighted by molar-refractivity contribution is -0.131. The predicted molar refractivity (Wildman–Crippen MR) is 91.1 cm³/mol. The minimum Gasteiger partial charge on any atom is -0.505 e. The zero-order chi connectivity index (χ0) is 24.0. The lowest BCUT2D eigenvalue weighted by atomic mass is 10.3. The van der Waals surface area contributed by atoms with E-state index in [1.165, 1.54) is 6.26 Å². The zero-order valence-electron chi connectivity index (χ0n) is 14.1. The van der Waals surface area contributed by atoms with Gasteiger partial charge in [0.15, 0.2) is 31.9 Å². The molecular weight excluding hydrogens is 468 g/mol. The first-order valence-corrected chi connectivity index (χ1v) is 10.5. The Morgan fingerprint density at radius 3 is 1.00 bits per heavy atom. The molecule has 0 atom stereocenters. The number of carboxylic acid groups (broad SMARTS) is 1. The van der Waals surface area contributed by atoms with Crippen LogP contribution in [0.15, 0.2) is 27.5 Å². The van der Waals surface area contributed by atoms with Crippen molar-refractivity contribution in [2.24, 2.45) is 0 Å². The molecule has 0 heterocycles. The van der Waals surface area contributed by atoms with Crippen LogP contribution in [0, 0.1) is 6.92 Å². The largest absolute Gasteiger partial charge is 0.505 e. The van der Waals surface area contributed by atoms with Crippen molar-refractivity contribution in [3.63, 3.8) is 0 Å². The van der Waals surface area contributed by atoms with Gasteiger partial charge in [-0.3, -0.25) is 18.5 Å². The van der Waals surface area contributed by atoms with Crippen molar-refractivity contribution < 1.29 is 68.9 Å². The molecular formula is C11H15O15S3. The summed E-state index contributed by atoms with van der Waals surface area (Å²) in [5.74, 6) is -7.24. The molecule has 1 aromatic rings. The molecule has 0 aromatic heterocycles. The summed E-state index contributed by atoms with van der Waals surface area (Å²) in [4.78, 5) is 2.72. The van der Waals surface area contributed by atoms with Gasteiger partial charge in [-0.1, -0.05) is 6.58 Å². The van der Waals surface area contributed by atoms with E-state index in [9.17, 15) is 40.6 Å². The highest BCUT2D eigenvalue weighted by molar-refractivity contribution is 7.88. The molecule has 1 radical (unpaired) electrons. The Morgan fingerprint density at radius 1 is 0.793 bits per heavy atom. The molecule has 15 nitrogen and oxygen atoms in total. The second-order valence-electron chi connectivity index (χ2n) is 4.25. The summed E-state index contributed by atoms with van der Waals surface area (Å²) < 4.78 is 96.2. The van der Waals surface area contributed by atoms with Gasteiger partial charge in [0.25, 0.3) is 0 Å². The van der Waals surface area contributed by atoms with Crippen LogP contribution in [0.5, 0.6) is 17.2 Å². The highest BCUT2D eigenvalue weighted by Crippen LogP contribution is 2.48. The molecule has 29 heavy (non-hydrogen) atoms. The standard InChI is InChI=1S/C6H6O12S3.C3H6O.C2H3O2/c7-1-4(19(10,11)12)2(8)6(21(16,17)18)3(9)5(1)20(13,14)15;1-3-4-2;1-2(3)4/h7-9H,(H,10,11,12)(H,13,14,15)(H,16,17,18);3H,1H2,2H3;1H2,(H,3,4). The molecule has 1 aromatic carbocycles. The summed E-state index contributed by atoms with van der Waals surface area (Å²) in [5, 5.41) is 35.3. The van der Waals surface area contributed by atoms with Crippen LogP contribution in [-0.2, 0) is 39.9 Å². The fraction of sp³-hybridized carbons (Fsp3) is 0.0909. The molecule has 0 aliphatic rings. The number of aliphatic carboxylic acids is 1. The van der Waals surface area contributed by atoms with Crippen molar-refractivity contribution in [3.05, 3.63) is 19.8 Å². The van der Waals surface area contributed by atoms with E-state index in [1.807, 2.05) is 0 Å². The summed E-state index contributed by atoms with van der Waals surface area (Å²) >= 11 is 0. The number of rotatable bonds is 4. The molecule has 167 valence electrons. The summed E-state index contributed by atoms with van der Waals surface area (Å²) in [5.41, 5.74) is 0. The lowest BCUT2D eigenvalue weighted by Crippen LogP contribution is -2.10. The quantitative estimate of drug-likeness (QED) is 0.204. The number of ether oxygens (including phenoxy) is 1. The van der Waals surface area contributed by atoms with Crippen LogP contribution in [0.3, 0.4) is 0 Å². The highest BCUT2D eigenvalue weighted by atomic mass is 32.2. The Balaban J connectivity index is 0. The smallest absolute Gasteiger partial charge is 0.303 e. The Morgan fingerprint density at radius 2 is 0.931 bits per heavy atom. The van der Waals surface area contributed by atoms with Crippen LogP contribution in [0.2, 0.25) is 0 Å². The maximum absolute atomic E-state index is 10.9. The van der Waals surface area contributed by atoms with Gasteiger partial charge in [-0.15, -0.1) is 0 Å². The second kappa shape index (κ2) is 10.2. The monoisotopic (exact) mass is 483 g/mol. The van der Waals surface area contributed by atoms with E-state index in [1.54, 1.807) is 7.11 Å². The summed E-state index contributed by atoms with van der Waals surface area (Å²) in [6, 6.07) is 0. The Bertz CT molecular complexity index is 932. The molecule has 0 aliphatic carbocycles. The van der Waals surface area contributed by atoms with Crippen LogP contribution in [-0.4, -0.2) is 72.4 Å². The molecule has 0 saturated carbocycles. The first-order valence-electron chi connectivity index (χ1n) is 6.16. The van der Waals surface area contributed by atoms with E-state index < -0.39 is 68.3 Å². The summed E-state index contributed by atoms with van der Waals surface area (Å²) in [6.45, 7) is 5.81. The fourth-order valence-electron chi connectivity index (χ4n) is 1.38. The third kappa shape index (κ3) is 8.50. The number of hydrogen-bond acceptors (Lipinski definition) is 11. The Kier molecular flexibility index (Phi) is 10.1. The number of hydrogen-bond donors (Lipinski definition) is 7. The van der Waals surface area contributed by atoms with Gasteiger partial charge < -0.3 is 25.2 Å². The maximum Gasteiger partial charge on any atom is 0.303 e. The number of carbonyl (C=O) groups is 1. The van der Waals surface area contributed by atoms with Gasteiger partial charge in [0.1, 0.15) is 0 Å². The number of methoxy groups -OCH3 is 1. The first kappa shape index (κ1) is 28.6. The molecule has 18 heteroatoms. The molecule has 0 unspecified atom stereocenters. The van der Waals surface area contributed by atoms with Crippen LogP contribution in [0.1, 0.15) is 0 Å². The molecule has 0 aliphatic heterocycles. The number of carboxylic acids is 1. The normalized spacial score (nSPS) is 11.2. The Hall–Kier alpha value is -2.64. The SMILES string of the molecule is C=COC.O=S(=O)(O)c1c(O)c(S(=O)(=O)O)c(O)c(S(=O)(=O)O)c1O.[CH2]C(=O)O. The molecule has 1 rings (SSSR count). The van der Waals surface area contributed by atoms with Crippen LogP contribution in [0.25, 0.3) is 0 Å². The van der Waals surface area contributed by atoms with E-state index in [0.717, 1.165) is 0 Å². The molecule has 0 saturated heterocycles. The van der Waals surface area contributed by atoms with Gasteiger partial charge in [-0.2, -0.15) is 25.3 Å². The van der Waals surface area contributed by atoms with Gasteiger partial charge >= 0.3 is 36.3 Å². The van der Waals surface area contributed by atoms with Crippen LogP contribution >= 0.6 is 0 Å². The van der Waals surface area contributed by atoms with Gasteiger partial charge in [0.2, 0.25) is 0 Å². The van der Waals surface area contributed by atoms with Crippen LogP contribution in [0.4, 0.5) is 0 Å². The summed E-state index contributed by atoms with van der Waals surface area (Å²) in [7, 11) is -15.3. The third-order valence-corrected chi connectivity index (χ3v) is 4.94. The number of phenolic OH excluding ortho intramolecular Hbond substituents is 3. The van der Waals surface area contributed by atoms with E-state index in [-0.39, 0.29) is 0 Å². The minimum atomic E-state index is -5.61. The van der Waals surface area contributed by atoms with Crippen molar-refractivity contribution >= 4 is 36.3 Å². The van der Waals surface area contributed by atoms with Gasteiger partial charge in [0, 0.05) is 0 Å². The zero-order valence-corrected chi connectivity index (χ0v) is 16.6. The maximum atomic E-state index is 10.9. The molecule has 0 fully saturated rings. The van der Waals surface area contributed by atoms with Crippen molar-refractivity contribution in [2.45, 2.75) is 14.7 Å². The molecule has 0 bridgehead atoms. The first-order chi connectivity index (χ1) is 12.7. The van der Waals surface area contributed by atoms with Gasteiger partial charge in [-0.25, -0.2) is 0 Å². The molecule has 0 amide bonds. The second-order valence-corrected chi connectivity index (χ2v) is 8.33. The summed E-state index contributed by atoms with van der Waals surface area (Å²) in [6.07, 6.45) is 1.38. The van der Waals surface area contributed by atoms with Gasteiger partial charge in [0.05, 0.1) is 20.3 Å². The molecule has 0 spiro atoms. The van der Waals surface area contributed by atoms with E-state index >= 15 is 0 Å². The predicted octanol–water partition coefficient (Wildman–Crippen LogP) is -0.775. The lowest BCUT2D eigenvalue weighted by Gasteiger charge is -2.13. The van der Waals surface area contributed by atoms with Gasteiger partial charge in [-0.05, 0) is 0 Å². The van der Waals surface area contributed by atoms with Crippen molar-refractivity contribution in [3.8, 4) is 17.2 Å². The minimum absolute atomic E-state index is 1.08. The van der Waals surface area contributed by atoms with Crippen molar-refractivity contribution in [2.75, 3.05) is 7.11 Å². The number of phenols is 3. The van der Waals surface area contributed by atoms with E-state index in [0.29, 0.717) is 0 Å². The highest BCUT2D eigenvalue weighted by Gasteiger charge is 2.39. The third-order valence-electron chi connectivity index (χ3n) is 2.23. The van der Waals surface area contributed by atoms with E-state index in [4.69, 9.17) is 23.6 Å². The Labute approximate surface area is 164 Å². The van der Waals surface area contributed by atoms with Crippen LogP contribution < -0.4 is 0 Å². The van der Waals surface area contributed by atoms with Crippen molar-refractivity contribution in [1.82, 2.24) is 0 Å². The van der Waals surface area contributed by atoms with E-state index in [2.05, 4.69) is 18.2 Å². The number of benzene rings is 1. The average molecular weight is 483 g/mol. The topological polar surface area (TPSA) is 270 Å². The fourth-order valence-corrected chi connectivity index (χ4v) is 3.65.